The summed E-state index contributed by atoms with van der Waals surface area (Å²) in [6.07, 6.45) is 39.3. The number of benzene rings is 1. The number of carbonyl (C=O) groups is 1. The Morgan fingerprint density at radius 3 is 1.08 bits per heavy atom. The van der Waals surface area contributed by atoms with E-state index >= 15 is 0 Å². The smallest absolute Gasteiger partial charge is 0.253 e. The topological polar surface area (TPSA) is 127 Å². The van der Waals surface area contributed by atoms with Crippen molar-refractivity contribution in [3.05, 3.63) is 17.7 Å². The van der Waals surface area contributed by atoms with Crippen LogP contribution in [0.5, 0.6) is 17.2 Å². The minimum absolute atomic E-state index is 0.288. The monoisotopic (exact) mass is 904 g/mol. The fourth-order valence-electron chi connectivity index (χ4n) is 8.82. The van der Waals surface area contributed by atoms with Crippen molar-refractivity contribution in [2.24, 2.45) is 0 Å². The van der Waals surface area contributed by atoms with Gasteiger partial charge < -0.3 is 39.6 Å². The summed E-state index contributed by atoms with van der Waals surface area (Å²) in [7, 11) is 0. The van der Waals surface area contributed by atoms with Crippen LogP contribution in [0.25, 0.3) is 0 Å². The Hall–Kier alpha value is -2.07. The number of rotatable bonds is 44. The van der Waals surface area contributed by atoms with Crippen molar-refractivity contribution in [3.63, 3.8) is 0 Å². The van der Waals surface area contributed by atoms with Gasteiger partial charge in [-0.2, -0.15) is 0 Å². The third-order valence-corrected chi connectivity index (χ3v) is 13.2. The summed E-state index contributed by atoms with van der Waals surface area (Å²) in [5.41, 5.74) is 0.288. The van der Waals surface area contributed by atoms with Gasteiger partial charge in [0.2, 0.25) is 5.75 Å². The zero-order valence-electron chi connectivity index (χ0n) is 42.0. The van der Waals surface area contributed by atoms with Gasteiger partial charge in [0, 0.05) is 5.56 Å². The zero-order chi connectivity index (χ0) is 46.3. The molecule has 0 aromatic heterocycles. The second-order valence-electron chi connectivity index (χ2n) is 19.2. The van der Waals surface area contributed by atoms with Crippen LogP contribution < -0.4 is 19.5 Å². The van der Waals surface area contributed by atoms with Gasteiger partial charge in [-0.25, -0.2) is 0 Å². The summed E-state index contributed by atoms with van der Waals surface area (Å²) >= 11 is 0. The molecule has 9 nitrogen and oxygen atoms in total. The van der Waals surface area contributed by atoms with E-state index in [1.165, 1.54) is 193 Å². The van der Waals surface area contributed by atoms with Crippen LogP contribution in [0.2, 0.25) is 0 Å². The average molecular weight is 904 g/mol. The van der Waals surface area contributed by atoms with Crippen LogP contribution in [0.1, 0.15) is 269 Å². The van der Waals surface area contributed by atoms with Crippen molar-refractivity contribution >= 4 is 5.91 Å². The summed E-state index contributed by atoms with van der Waals surface area (Å²) < 4.78 is 25.2. The van der Waals surface area contributed by atoms with Crippen molar-refractivity contribution in [2.45, 2.75) is 289 Å². The molecule has 2 rings (SSSR count). The van der Waals surface area contributed by atoms with Crippen LogP contribution in [0.3, 0.4) is 0 Å². The van der Waals surface area contributed by atoms with Crippen LogP contribution in [-0.4, -0.2) is 71.7 Å². The van der Waals surface area contributed by atoms with Gasteiger partial charge >= 0.3 is 0 Å². The molecule has 0 saturated carbocycles. The number of hydrogen-bond donors (Lipinski definition) is 4. The lowest BCUT2D eigenvalue weighted by Gasteiger charge is -2.39. The van der Waals surface area contributed by atoms with E-state index in [-0.39, 0.29) is 5.56 Å². The third-order valence-electron chi connectivity index (χ3n) is 13.2. The molecule has 0 bridgehead atoms. The quantitative estimate of drug-likeness (QED) is 0.0477. The Morgan fingerprint density at radius 2 is 0.750 bits per heavy atom. The molecule has 4 N–H and O–H groups in total. The maximum atomic E-state index is 13.8. The molecule has 0 spiro atoms. The molecule has 0 radical (unpaired) electrons. The Labute approximate surface area is 393 Å². The van der Waals surface area contributed by atoms with E-state index in [1.807, 2.05) is 0 Å². The van der Waals surface area contributed by atoms with Gasteiger partial charge in [-0.05, 0) is 38.3 Å². The number of amides is 1. The number of aliphatic hydroxyl groups excluding tert-OH is 3. The standard InChI is InChI=1S/C55H101NO8/c1-5-8-11-14-17-20-23-26-29-32-35-38-41-61-48-44-47(54(60)56-55-52(59)51(58)50(57)46(4)64-55)45-49(62-42-39-36-33-30-27-24-21-18-15-12-9-6-2)53(48)63-43-40-37-34-31-28-25-22-19-16-13-10-7-3/h44-46,50-52,55,57-59H,5-43H2,1-4H3,(H,56,60)/t46-,50-,51+,52+,55-/m1/s1. The van der Waals surface area contributed by atoms with E-state index in [2.05, 4.69) is 26.1 Å². The highest BCUT2D eigenvalue weighted by Crippen LogP contribution is 2.40. The number of aliphatic hydroxyl groups is 3. The number of ether oxygens (including phenoxy) is 4. The van der Waals surface area contributed by atoms with E-state index in [9.17, 15) is 20.1 Å². The predicted octanol–water partition coefficient (Wildman–Crippen LogP) is 14.5. The third kappa shape index (κ3) is 27.5. The Bertz CT molecular complexity index is 1180. The largest absolute Gasteiger partial charge is 0.490 e. The van der Waals surface area contributed by atoms with Crippen LogP contribution >= 0.6 is 0 Å². The molecule has 374 valence electrons. The van der Waals surface area contributed by atoms with Crippen molar-refractivity contribution < 1.29 is 39.1 Å². The van der Waals surface area contributed by atoms with Gasteiger partial charge in [-0.15, -0.1) is 0 Å². The molecule has 0 unspecified atom stereocenters. The van der Waals surface area contributed by atoms with Gasteiger partial charge in [-0.1, -0.05) is 233 Å². The van der Waals surface area contributed by atoms with Crippen molar-refractivity contribution in [3.8, 4) is 17.2 Å². The second kappa shape index (κ2) is 40.0. The molecule has 1 aliphatic heterocycles. The van der Waals surface area contributed by atoms with Crippen LogP contribution in [0.4, 0.5) is 0 Å². The Kier molecular flexibility index (Phi) is 36.3. The molecule has 9 heteroatoms. The Morgan fingerprint density at radius 1 is 0.453 bits per heavy atom. The van der Waals surface area contributed by atoms with Gasteiger partial charge in [0.05, 0.1) is 25.9 Å². The molecule has 1 aromatic rings. The summed E-state index contributed by atoms with van der Waals surface area (Å²) in [6, 6.07) is 3.40. The van der Waals surface area contributed by atoms with E-state index < -0.39 is 36.6 Å². The molecule has 64 heavy (non-hydrogen) atoms. The summed E-state index contributed by atoms with van der Waals surface area (Å²) in [5.74, 6) is 0.998. The highest BCUT2D eigenvalue weighted by atomic mass is 16.6. The first-order chi connectivity index (χ1) is 31.3. The van der Waals surface area contributed by atoms with E-state index in [1.54, 1.807) is 19.1 Å². The highest BCUT2D eigenvalue weighted by Gasteiger charge is 2.42. The zero-order valence-corrected chi connectivity index (χ0v) is 42.0. The first kappa shape index (κ1) is 58.1. The number of unbranched alkanes of at least 4 members (excludes halogenated alkanes) is 33. The predicted molar refractivity (Wildman–Crippen MR) is 266 cm³/mol. The maximum Gasteiger partial charge on any atom is 0.253 e. The SMILES string of the molecule is CCCCCCCCCCCCCCOc1cc(C(=O)N[C@@H]2O[C@H](C)[C@@H](O)[C@H](O)[C@@H]2O)cc(OCCCCCCCCCCCCCC)c1OCCCCCCCCCCCCCC. The molecule has 5 atom stereocenters. The van der Waals surface area contributed by atoms with Gasteiger partial charge in [0.25, 0.3) is 5.91 Å². The minimum Gasteiger partial charge on any atom is -0.490 e. The number of nitrogens with one attached hydrogen (secondary N) is 1. The molecule has 1 heterocycles. The van der Waals surface area contributed by atoms with Crippen LogP contribution in [0, 0.1) is 0 Å². The minimum atomic E-state index is -1.49. The fourth-order valence-corrected chi connectivity index (χ4v) is 8.82. The van der Waals surface area contributed by atoms with Crippen molar-refractivity contribution in [1.29, 1.82) is 0 Å². The fraction of sp³-hybridized carbons (Fsp3) is 0.873. The van der Waals surface area contributed by atoms with Crippen molar-refractivity contribution in [1.82, 2.24) is 5.32 Å². The molecule has 1 aliphatic rings. The molecule has 1 aromatic carbocycles. The first-order valence-corrected chi connectivity index (χ1v) is 27.4. The molecule has 0 aliphatic carbocycles. The summed E-state index contributed by atoms with van der Waals surface area (Å²) in [4.78, 5) is 13.8. The lowest BCUT2D eigenvalue weighted by molar-refractivity contribution is -0.221. The highest BCUT2D eigenvalue weighted by molar-refractivity contribution is 5.95. The lowest BCUT2D eigenvalue weighted by atomic mass is 9.99. The van der Waals surface area contributed by atoms with Gasteiger partial charge in [-0.3, -0.25) is 4.79 Å². The summed E-state index contributed by atoms with van der Waals surface area (Å²) in [5, 5.41) is 34.1. The Balaban J connectivity index is 2.06. The normalized spacial score (nSPS) is 18.6. The molecule has 1 fully saturated rings. The average Bonchev–Trinajstić information content (AvgIpc) is 3.29. The van der Waals surface area contributed by atoms with E-state index in [0.29, 0.717) is 37.1 Å². The molecule has 1 amide bonds. The first-order valence-electron chi connectivity index (χ1n) is 27.4. The van der Waals surface area contributed by atoms with E-state index in [4.69, 9.17) is 18.9 Å². The van der Waals surface area contributed by atoms with Gasteiger partial charge in [0.1, 0.15) is 18.3 Å². The summed E-state index contributed by atoms with van der Waals surface area (Å²) in [6.45, 7) is 9.95. The molecular weight excluding hydrogens is 803 g/mol. The number of carbonyl (C=O) groups excluding carboxylic acids is 1. The van der Waals surface area contributed by atoms with Crippen molar-refractivity contribution in [2.75, 3.05) is 19.8 Å². The van der Waals surface area contributed by atoms with Gasteiger partial charge in [0.15, 0.2) is 17.7 Å². The van der Waals surface area contributed by atoms with Crippen LogP contribution in [-0.2, 0) is 4.74 Å². The number of hydrogen-bond acceptors (Lipinski definition) is 8. The second-order valence-corrected chi connectivity index (χ2v) is 19.2. The maximum absolute atomic E-state index is 13.8. The lowest BCUT2D eigenvalue weighted by Crippen LogP contribution is -2.61. The molecular formula is C55H101NO8. The van der Waals surface area contributed by atoms with E-state index in [0.717, 1.165) is 38.5 Å². The van der Waals surface area contributed by atoms with Crippen LogP contribution in [0.15, 0.2) is 12.1 Å². The molecule has 1 saturated heterocycles.